The third-order valence-electron chi connectivity index (χ3n) is 4.02. The molecule has 0 aliphatic rings. The number of amides is 1. The minimum absolute atomic E-state index is 0.0388. The molecule has 0 fully saturated rings. The Bertz CT molecular complexity index is 723. The molecule has 0 heterocycles. The minimum atomic E-state index is 0.0388. The largest absolute Gasteiger partial charge is 0.496 e. The van der Waals surface area contributed by atoms with Gasteiger partial charge in [-0.05, 0) is 48.7 Å². The van der Waals surface area contributed by atoms with E-state index in [-0.39, 0.29) is 5.91 Å². The molecule has 2 aromatic carbocycles. The van der Waals surface area contributed by atoms with E-state index < -0.39 is 0 Å². The predicted octanol–water partition coefficient (Wildman–Crippen LogP) is 3.88. The van der Waals surface area contributed by atoms with Gasteiger partial charge in [0.05, 0.1) is 7.11 Å². The normalized spacial score (nSPS) is 10.6. The van der Waals surface area contributed by atoms with E-state index in [0.717, 1.165) is 36.3 Å². The maximum absolute atomic E-state index is 11.9. The number of nitrogens with one attached hydrogen (secondary N) is 2. The summed E-state index contributed by atoms with van der Waals surface area (Å²) in [6.45, 7) is 1.99. The first kappa shape index (κ1) is 20.6. The van der Waals surface area contributed by atoms with Gasteiger partial charge in [0, 0.05) is 29.6 Å². The van der Waals surface area contributed by atoms with Crippen LogP contribution in [0.1, 0.15) is 17.5 Å². The molecule has 0 aromatic heterocycles. The summed E-state index contributed by atoms with van der Waals surface area (Å²) in [6.07, 6.45) is 1.99. The van der Waals surface area contributed by atoms with E-state index >= 15 is 0 Å². The van der Waals surface area contributed by atoms with Crippen LogP contribution in [0.2, 0.25) is 10.0 Å². The maximum atomic E-state index is 11.9. The average molecular weight is 395 g/mol. The van der Waals surface area contributed by atoms with Crippen LogP contribution >= 0.6 is 23.2 Å². The average Bonchev–Trinajstić information content (AvgIpc) is 2.63. The second kappa shape index (κ2) is 11.1. The van der Waals surface area contributed by atoms with Gasteiger partial charge in [-0.25, -0.2) is 0 Å². The summed E-state index contributed by atoms with van der Waals surface area (Å²) >= 11 is 12.0. The first-order valence-corrected chi connectivity index (χ1v) is 9.39. The summed E-state index contributed by atoms with van der Waals surface area (Å²) < 4.78 is 5.31. The number of halogens is 2. The van der Waals surface area contributed by atoms with Gasteiger partial charge < -0.3 is 15.4 Å². The van der Waals surface area contributed by atoms with Crippen molar-refractivity contribution in [2.45, 2.75) is 19.3 Å². The third-order valence-corrected chi connectivity index (χ3v) is 4.61. The highest BCUT2D eigenvalue weighted by Gasteiger charge is 2.05. The summed E-state index contributed by atoms with van der Waals surface area (Å²) in [4.78, 5) is 11.9. The molecule has 2 aromatic rings. The molecule has 6 heteroatoms. The van der Waals surface area contributed by atoms with Crippen LogP contribution < -0.4 is 15.4 Å². The van der Waals surface area contributed by atoms with Gasteiger partial charge >= 0.3 is 0 Å². The van der Waals surface area contributed by atoms with Crippen molar-refractivity contribution in [1.29, 1.82) is 0 Å². The summed E-state index contributed by atoms with van der Waals surface area (Å²) in [7, 11) is 1.65. The summed E-state index contributed by atoms with van der Waals surface area (Å²) in [5.41, 5.74) is 2.14. The number of rotatable bonds is 10. The smallest absolute Gasteiger partial charge is 0.221 e. The maximum Gasteiger partial charge on any atom is 0.221 e. The van der Waals surface area contributed by atoms with E-state index in [1.165, 1.54) is 0 Å². The van der Waals surface area contributed by atoms with Crippen LogP contribution in [0.5, 0.6) is 5.75 Å². The Morgan fingerprint density at radius 3 is 2.54 bits per heavy atom. The Morgan fingerprint density at radius 2 is 1.77 bits per heavy atom. The second-order valence-corrected chi connectivity index (χ2v) is 6.74. The molecule has 1 amide bonds. The molecule has 140 valence electrons. The Kier molecular flexibility index (Phi) is 8.75. The summed E-state index contributed by atoms with van der Waals surface area (Å²) in [6, 6.07) is 13.3. The van der Waals surface area contributed by atoms with E-state index in [4.69, 9.17) is 27.9 Å². The Morgan fingerprint density at radius 1 is 1.00 bits per heavy atom. The van der Waals surface area contributed by atoms with Gasteiger partial charge in [0.2, 0.25) is 5.91 Å². The van der Waals surface area contributed by atoms with Crippen molar-refractivity contribution in [2.75, 3.05) is 26.7 Å². The quantitative estimate of drug-likeness (QED) is 0.601. The number of hydrogen-bond donors (Lipinski definition) is 2. The fourth-order valence-corrected chi connectivity index (χ4v) is 3.11. The monoisotopic (exact) mass is 394 g/mol. The molecular weight excluding hydrogens is 371 g/mol. The van der Waals surface area contributed by atoms with Gasteiger partial charge in [-0.3, -0.25) is 4.79 Å². The molecule has 0 atom stereocenters. The van der Waals surface area contributed by atoms with Crippen molar-refractivity contribution in [3.63, 3.8) is 0 Å². The van der Waals surface area contributed by atoms with Crippen LogP contribution in [0.25, 0.3) is 0 Å². The highest BCUT2D eigenvalue weighted by molar-refractivity contribution is 6.35. The third kappa shape index (κ3) is 6.87. The van der Waals surface area contributed by atoms with Crippen molar-refractivity contribution in [3.05, 3.63) is 63.6 Å². The van der Waals surface area contributed by atoms with E-state index in [9.17, 15) is 4.79 Å². The Labute approximate surface area is 164 Å². The highest BCUT2D eigenvalue weighted by Crippen LogP contribution is 2.21. The van der Waals surface area contributed by atoms with Gasteiger partial charge in [-0.2, -0.15) is 0 Å². The molecule has 26 heavy (non-hydrogen) atoms. The number of methoxy groups -OCH3 is 1. The zero-order valence-corrected chi connectivity index (χ0v) is 16.4. The molecule has 0 saturated carbocycles. The van der Waals surface area contributed by atoms with Gasteiger partial charge in [-0.1, -0.05) is 47.5 Å². The van der Waals surface area contributed by atoms with Crippen molar-refractivity contribution in [1.82, 2.24) is 10.6 Å². The lowest BCUT2D eigenvalue weighted by molar-refractivity contribution is -0.120. The Balaban J connectivity index is 1.59. The predicted molar refractivity (Wildman–Crippen MR) is 107 cm³/mol. The van der Waals surface area contributed by atoms with Crippen molar-refractivity contribution in [3.8, 4) is 5.75 Å². The Hall–Kier alpha value is -1.75. The van der Waals surface area contributed by atoms with Crippen LogP contribution in [-0.4, -0.2) is 32.7 Å². The number of hydrogen-bond acceptors (Lipinski definition) is 3. The molecule has 0 aliphatic heterocycles. The fourth-order valence-electron chi connectivity index (χ4n) is 2.61. The summed E-state index contributed by atoms with van der Waals surface area (Å²) in [5.74, 6) is 0.890. The molecule has 0 saturated heterocycles. The molecule has 2 N–H and O–H groups in total. The standard InChI is InChI=1S/C20H24Cl2N2O2/c1-26-19-5-3-2-4-16(19)9-13-24-20(25)10-12-23-11-8-15-6-7-17(21)14-18(15)22/h2-7,14,23H,8-13H2,1H3,(H,24,25). The summed E-state index contributed by atoms with van der Waals surface area (Å²) in [5, 5.41) is 7.51. The zero-order chi connectivity index (χ0) is 18.8. The lowest BCUT2D eigenvalue weighted by Crippen LogP contribution is -2.29. The fraction of sp³-hybridized carbons (Fsp3) is 0.350. The van der Waals surface area contributed by atoms with Crippen molar-refractivity contribution >= 4 is 29.1 Å². The van der Waals surface area contributed by atoms with Gasteiger partial charge in [0.15, 0.2) is 0 Å². The number of carbonyl (C=O) groups is 1. The van der Waals surface area contributed by atoms with Gasteiger partial charge in [0.1, 0.15) is 5.75 Å². The van der Waals surface area contributed by atoms with Crippen molar-refractivity contribution < 1.29 is 9.53 Å². The van der Waals surface area contributed by atoms with Crippen molar-refractivity contribution in [2.24, 2.45) is 0 Å². The number of ether oxygens (including phenoxy) is 1. The molecule has 0 unspecified atom stereocenters. The van der Waals surface area contributed by atoms with E-state index in [1.807, 2.05) is 36.4 Å². The van der Waals surface area contributed by atoms with Crippen LogP contribution in [0, 0.1) is 0 Å². The van der Waals surface area contributed by atoms with Crippen LogP contribution in [0.15, 0.2) is 42.5 Å². The molecule has 0 spiro atoms. The lowest BCUT2D eigenvalue weighted by atomic mass is 10.1. The van der Waals surface area contributed by atoms with Crippen LogP contribution in [-0.2, 0) is 17.6 Å². The van der Waals surface area contributed by atoms with Crippen LogP contribution in [0.3, 0.4) is 0 Å². The highest BCUT2D eigenvalue weighted by atomic mass is 35.5. The molecule has 2 rings (SSSR count). The molecule has 0 radical (unpaired) electrons. The van der Waals surface area contributed by atoms with E-state index in [0.29, 0.717) is 29.6 Å². The van der Waals surface area contributed by atoms with E-state index in [2.05, 4.69) is 10.6 Å². The number of benzene rings is 2. The lowest BCUT2D eigenvalue weighted by Gasteiger charge is -2.10. The van der Waals surface area contributed by atoms with Gasteiger partial charge in [-0.15, -0.1) is 0 Å². The van der Waals surface area contributed by atoms with Gasteiger partial charge in [0.25, 0.3) is 0 Å². The zero-order valence-electron chi connectivity index (χ0n) is 14.9. The topological polar surface area (TPSA) is 50.4 Å². The molecule has 0 aliphatic carbocycles. The number of para-hydroxylation sites is 1. The molecule has 0 bridgehead atoms. The SMILES string of the molecule is COc1ccccc1CCNC(=O)CCNCCc1ccc(Cl)cc1Cl. The number of carbonyl (C=O) groups excluding carboxylic acids is 1. The van der Waals surface area contributed by atoms with E-state index in [1.54, 1.807) is 13.2 Å². The minimum Gasteiger partial charge on any atom is -0.496 e. The van der Waals surface area contributed by atoms with Crippen LogP contribution in [0.4, 0.5) is 0 Å². The second-order valence-electron chi connectivity index (χ2n) is 5.90. The molecular formula is C20H24Cl2N2O2. The molecule has 4 nitrogen and oxygen atoms in total. The first-order chi connectivity index (χ1) is 12.6. The first-order valence-electron chi connectivity index (χ1n) is 8.63.